The molecule has 136 valence electrons. The van der Waals surface area contributed by atoms with Crippen LogP contribution in [0, 0.1) is 0 Å². The molecule has 0 bridgehead atoms. The molecule has 0 unspecified atom stereocenters. The third-order valence-corrected chi connectivity index (χ3v) is 4.77. The summed E-state index contributed by atoms with van der Waals surface area (Å²) in [5.41, 5.74) is 2.08. The van der Waals surface area contributed by atoms with Crippen LogP contribution in [0.1, 0.15) is 18.1 Å². The SMILES string of the molecule is C[C@H](Cc1ccsc1)NC(=O)NC[C@H](Cc1cc[nH]c(=O)c1)N(C)C. The highest BCUT2D eigenvalue weighted by atomic mass is 32.1. The van der Waals surface area contributed by atoms with Gasteiger partial charge >= 0.3 is 6.03 Å². The van der Waals surface area contributed by atoms with Crippen LogP contribution < -0.4 is 16.2 Å². The Morgan fingerprint density at radius 1 is 1.28 bits per heavy atom. The lowest BCUT2D eigenvalue weighted by atomic mass is 10.1. The van der Waals surface area contributed by atoms with Crippen molar-refractivity contribution in [3.05, 3.63) is 56.6 Å². The van der Waals surface area contributed by atoms with Crippen LogP contribution in [-0.4, -0.2) is 48.6 Å². The summed E-state index contributed by atoms with van der Waals surface area (Å²) in [7, 11) is 3.94. The Morgan fingerprint density at radius 3 is 2.72 bits per heavy atom. The number of rotatable bonds is 8. The number of likely N-dealkylation sites (N-methyl/N-ethyl adjacent to an activating group) is 1. The number of thiophene rings is 1. The minimum atomic E-state index is -0.166. The first-order valence-electron chi connectivity index (χ1n) is 8.33. The molecule has 0 aliphatic carbocycles. The maximum absolute atomic E-state index is 12.1. The molecule has 2 aromatic rings. The predicted octanol–water partition coefficient (Wildman–Crippen LogP) is 1.84. The number of hydrogen-bond acceptors (Lipinski definition) is 4. The van der Waals surface area contributed by atoms with E-state index in [2.05, 4.69) is 32.0 Å². The van der Waals surface area contributed by atoms with E-state index >= 15 is 0 Å². The number of nitrogens with zero attached hydrogens (tertiary/aromatic N) is 1. The van der Waals surface area contributed by atoms with E-state index in [0.29, 0.717) is 13.0 Å². The van der Waals surface area contributed by atoms with Gasteiger partial charge in [0.1, 0.15) is 0 Å². The number of hydrogen-bond donors (Lipinski definition) is 3. The third-order valence-electron chi connectivity index (χ3n) is 4.04. The number of aromatic amines is 1. The van der Waals surface area contributed by atoms with Gasteiger partial charge in [-0.25, -0.2) is 4.79 Å². The van der Waals surface area contributed by atoms with Crippen LogP contribution in [0.3, 0.4) is 0 Å². The number of amides is 2. The molecule has 2 amide bonds. The molecular weight excluding hydrogens is 336 g/mol. The minimum absolute atomic E-state index is 0.0695. The van der Waals surface area contributed by atoms with Crippen molar-refractivity contribution >= 4 is 17.4 Å². The summed E-state index contributed by atoms with van der Waals surface area (Å²) in [6.45, 7) is 2.51. The lowest BCUT2D eigenvalue weighted by Gasteiger charge is -2.25. The number of aromatic nitrogens is 1. The van der Waals surface area contributed by atoms with Gasteiger partial charge in [0.2, 0.25) is 5.56 Å². The normalized spacial score (nSPS) is 13.4. The van der Waals surface area contributed by atoms with Crippen molar-refractivity contribution in [3.63, 3.8) is 0 Å². The van der Waals surface area contributed by atoms with Crippen molar-refractivity contribution in [2.75, 3.05) is 20.6 Å². The van der Waals surface area contributed by atoms with Gasteiger partial charge in [-0.3, -0.25) is 4.79 Å². The Bertz CT molecular complexity index is 712. The Morgan fingerprint density at radius 2 is 2.08 bits per heavy atom. The van der Waals surface area contributed by atoms with Crippen molar-refractivity contribution in [2.24, 2.45) is 0 Å². The number of urea groups is 1. The van der Waals surface area contributed by atoms with Gasteiger partial charge in [-0.1, -0.05) is 0 Å². The second-order valence-electron chi connectivity index (χ2n) is 6.47. The molecule has 2 rings (SSSR count). The fourth-order valence-electron chi connectivity index (χ4n) is 2.62. The molecule has 0 aromatic carbocycles. The van der Waals surface area contributed by atoms with Crippen LogP contribution in [0.15, 0.2) is 40.0 Å². The van der Waals surface area contributed by atoms with Crippen LogP contribution in [0.2, 0.25) is 0 Å². The van der Waals surface area contributed by atoms with E-state index in [0.717, 1.165) is 12.0 Å². The molecule has 3 N–H and O–H groups in total. The van der Waals surface area contributed by atoms with Gasteiger partial charge in [-0.2, -0.15) is 11.3 Å². The fraction of sp³-hybridized carbons (Fsp3) is 0.444. The number of H-pyrrole nitrogens is 1. The van der Waals surface area contributed by atoms with Crippen molar-refractivity contribution in [1.29, 1.82) is 0 Å². The molecule has 0 aliphatic heterocycles. The number of nitrogens with one attached hydrogen (secondary N) is 3. The first-order valence-corrected chi connectivity index (χ1v) is 9.28. The van der Waals surface area contributed by atoms with Crippen molar-refractivity contribution < 1.29 is 4.79 Å². The first-order chi connectivity index (χ1) is 11.9. The lowest BCUT2D eigenvalue weighted by molar-refractivity contribution is 0.229. The molecule has 2 aromatic heterocycles. The molecule has 7 heteroatoms. The maximum atomic E-state index is 12.1. The van der Waals surface area contributed by atoms with E-state index < -0.39 is 0 Å². The van der Waals surface area contributed by atoms with E-state index in [1.54, 1.807) is 23.6 Å². The lowest BCUT2D eigenvalue weighted by Crippen LogP contribution is -2.47. The van der Waals surface area contributed by atoms with Crippen LogP contribution in [0.5, 0.6) is 0 Å². The summed E-state index contributed by atoms with van der Waals surface area (Å²) < 4.78 is 0. The second-order valence-corrected chi connectivity index (χ2v) is 7.25. The van der Waals surface area contributed by atoms with Crippen molar-refractivity contribution in [1.82, 2.24) is 20.5 Å². The van der Waals surface area contributed by atoms with E-state index in [4.69, 9.17) is 0 Å². The average Bonchev–Trinajstić information content (AvgIpc) is 3.03. The summed E-state index contributed by atoms with van der Waals surface area (Å²) in [5, 5.41) is 10.0. The van der Waals surface area contributed by atoms with Crippen molar-refractivity contribution in [2.45, 2.75) is 31.8 Å². The molecule has 2 atom stereocenters. The van der Waals surface area contributed by atoms with E-state index in [-0.39, 0.29) is 23.7 Å². The average molecular weight is 362 g/mol. The van der Waals surface area contributed by atoms with Crippen LogP contribution in [0.25, 0.3) is 0 Å². The second kappa shape index (κ2) is 9.39. The first kappa shape index (κ1) is 19.2. The van der Waals surface area contributed by atoms with Gasteiger partial charge in [0, 0.05) is 30.9 Å². The zero-order chi connectivity index (χ0) is 18.2. The highest BCUT2D eigenvalue weighted by Crippen LogP contribution is 2.08. The molecule has 0 radical (unpaired) electrons. The summed E-state index contributed by atoms with van der Waals surface area (Å²) in [6.07, 6.45) is 3.17. The molecule has 0 spiro atoms. The van der Waals surface area contributed by atoms with Gasteiger partial charge in [-0.05, 0) is 67.9 Å². The van der Waals surface area contributed by atoms with Gasteiger partial charge in [-0.15, -0.1) is 0 Å². The summed E-state index contributed by atoms with van der Waals surface area (Å²) in [4.78, 5) is 28.2. The number of carbonyl (C=O) groups excluding carboxylic acids is 1. The Balaban J connectivity index is 1.81. The molecule has 0 saturated carbocycles. The van der Waals surface area contributed by atoms with Gasteiger partial charge in [0.05, 0.1) is 0 Å². The Kier molecular flexibility index (Phi) is 7.21. The zero-order valence-corrected chi connectivity index (χ0v) is 15.7. The third kappa shape index (κ3) is 6.72. The standard InChI is InChI=1S/C18H26N4O2S/c1-13(8-15-5-7-25-12-15)21-18(24)20-11-16(22(2)3)9-14-4-6-19-17(23)10-14/h4-7,10,12-13,16H,8-9,11H2,1-3H3,(H,19,23)(H2,20,21,24)/t13-,16+/m1/s1. The minimum Gasteiger partial charge on any atom is -0.337 e. The highest BCUT2D eigenvalue weighted by molar-refractivity contribution is 7.07. The largest absolute Gasteiger partial charge is 0.337 e. The molecule has 25 heavy (non-hydrogen) atoms. The molecule has 2 heterocycles. The quantitative estimate of drug-likeness (QED) is 0.671. The van der Waals surface area contributed by atoms with Gasteiger partial charge in [0.25, 0.3) is 0 Å². The van der Waals surface area contributed by atoms with E-state index in [1.165, 1.54) is 5.56 Å². The maximum Gasteiger partial charge on any atom is 0.315 e. The summed E-state index contributed by atoms with van der Waals surface area (Å²) in [6, 6.07) is 5.57. The van der Waals surface area contributed by atoms with E-state index in [9.17, 15) is 9.59 Å². The smallest absolute Gasteiger partial charge is 0.315 e. The highest BCUT2D eigenvalue weighted by Gasteiger charge is 2.15. The van der Waals surface area contributed by atoms with Crippen LogP contribution in [0.4, 0.5) is 4.79 Å². The molecule has 0 saturated heterocycles. The number of carbonyl (C=O) groups is 1. The predicted molar refractivity (Wildman–Crippen MR) is 102 cm³/mol. The molecule has 0 aliphatic rings. The van der Waals surface area contributed by atoms with Crippen LogP contribution >= 0.6 is 11.3 Å². The molecular formula is C18H26N4O2S. The Hall–Kier alpha value is -2.12. The summed E-state index contributed by atoms with van der Waals surface area (Å²) >= 11 is 1.66. The Labute approximate surface area is 152 Å². The number of pyridine rings is 1. The van der Waals surface area contributed by atoms with E-state index in [1.807, 2.05) is 32.5 Å². The molecule has 0 fully saturated rings. The van der Waals surface area contributed by atoms with Crippen molar-refractivity contribution in [3.8, 4) is 0 Å². The zero-order valence-electron chi connectivity index (χ0n) is 14.9. The molecule has 6 nitrogen and oxygen atoms in total. The topological polar surface area (TPSA) is 77.2 Å². The monoisotopic (exact) mass is 362 g/mol. The van der Waals surface area contributed by atoms with Gasteiger partial charge < -0.3 is 20.5 Å². The van der Waals surface area contributed by atoms with Crippen LogP contribution in [-0.2, 0) is 12.8 Å². The summed E-state index contributed by atoms with van der Waals surface area (Å²) in [5.74, 6) is 0. The van der Waals surface area contributed by atoms with Gasteiger partial charge in [0.15, 0.2) is 0 Å². The fourth-order valence-corrected chi connectivity index (χ4v) is 3.31.